The summed E-state index contributed by atoms with van der Waals surface area (Å²) in [5, 5.41) is 2.47. The van der Waals surface area contributed by atoms with Crippen LogP contribution in [0.3, 0.4) is 0 Å². The number of aromatic nitrogens is 1. The zero-order valence-corrected chi connectivity index (χ0v) is 16.0. The summed E-state index contributed by atoms with van der Waals surface area (Å²) >= 11 is 0. The number of esters is 1. The number of sulfone groups is 1. The van der Waals surface area contributed by atoms with Crippen molar-refractivity contribution >= 4 is 27.4 Å². The predicted molar refractivity (Wildman–Crippen MR) is 98.0 cm³/mol. The summed E-state index contributed by atoms with van der Waals surface area (Å²) in [5.41, 5.74) is 2.27. The third-order valence-electron chi connectivity index (χ3n) is 4.00. The lowest BCUT2D eigenvalue weighted by Gasteiger charge is -2.10. The van der Waals surface area contributed by atoms with Gasteiger partial charge in [-0.15, -0.1) is 0 Å². The van der Waals surface area contributed by atoms with Crippen molar-refractivity contribution in [3.8, 4) is 0 Å². The zero-order chi connectivity index (χ0) is 19.5. The second kappa shape index (κ2) is 7.74. The second-order valence-electron chi connectivity index (χ2n) is 5.92. The molecule has 0 saturated heterocycles. The van der Waals surface area contributed by atoms with Crippen LogP contribution in [-0.4, -0.2) is 37.7 Å². The Labute approximate surface area is 152 Å². The molecule has 1 aromatic carbocycles. The molecule has 0 atom stereocenters. The highest BCUT2D eigenvalue weighted by Gasteiger charge is 2.19. The highest BCUT2D eigenvalue weighted by atomic mass is 32.2. The van der Waals surface area contributed by atoms with Gasteiger partial charge in [-0.05, 0) is 39.0 Å². The SMILES string of the molecule is CCn1c(C)cc(C(=O)OCC(=O)Nc2ccccc2S(C)(=O)=O)c1C. The van der Waals surface area contributed by atoms with Gasteiger partial charge in [0.15, 0.2) is 16.4 Å². The van der Waals surface area contributed by atoms with Crippen LogP contribution in [0.15, 0.2) is 35.2 Å². The Hall–Kier alpha value is -2.61. The smallest absolute Gasteiger partial charge is 0.340 e. The number of amides is 1. The Bertz CT molecular complexity index is 944. The molecule has 7 nitrogen and oxygen atoms in total. The van der Waals surface area contributed by atoms with E-state index in [9.17, 15) is 18.0 Å². The number of carbonyl (C=O) groups excluding carboxylic acids is 2. The molecule has 0 aliphatic heterocycles. The Morgan fingerprint density at radius 1 is 1.19 bits per heavy atom. The molecule has 0 aliphatic rings. The Balaban J connectivity index is 2.05. The molecule has 2 aromatic rings. The molecule has 0 aliphatic carbocycles. The van der Waals surface area contributed by atoms with Gasteiger partial charge >= 0.3 is 5.97 Å². The fourth-order valence-electron chi connectivity index (χ4n) is 2.78. The van der Waals surface area contributed by atoms with Gasteiger partial charge in [-0.2, -0.15) is 0 Å². The predicted octanol–water partition coefficient (Wildman–Crippen LogP) is 2.32. The van der Waals surface area contributed by atoms with Gasteiger partial charge in [0.1, 0.15) is 0 Å². The molecular formula is C18H22N2O5S. The van der Waals surface area contributed by atoms with Crippen LogP contribution in [0.2, 0.25) is 0 Å². The number of carbonyl (C=O) groups is 2. The van der Waals surface area contributed by atoms with Crippen LogP contribution in [0.4, 0.5) is 5.69 Å². The summed E-state index contributed by atoms with van der Waals surface area (Å²) in [4.78, 5) is 24.3. The largest absolute Gasteiger partial charge is 0.452 e. The number of rotatable bonds is 6. The molecule has 8 heteroatoms. The van der Waals surface area contributed by atoms with Crippen molar-refractivity contribution in [2.75, 3.05) is 18.2 Å². The zero-order valence-electron chi connectivity index (χ0n) is 15.2. The number of nitrogens with zero attached hydrogens (tertiary/aromatic N) is 1. The Morgan fingerprint density at radius 3 is 2.42 bits per heavy atom. The topological polar surface area (TPSA) is 94.5 Å². The summed E-state index contributed by atoms with van der Waals surface area (Å²) < 4.78 is 30.5. The fraction of sp³-hybridized carbons (Fsp3) is 0.333. The van der Waals surface area contributed by atoms with Crippen LogP contribution in [0.1, 0.15) is 28.7 Å². The second-order valence-corrected chi connectivity index (χ2v) is 7.91. The minimum Gasteiger partial charge on any atom is -0.452 e. The van der Waals surface area contributed by atoms with Crippen LogP contribution in [0, 0.1) is 13.8 Å². The molecule has 26 heavy (non-hydrogen) atoms. The molecule has 0 spiro atoms. The van der Waals surface area contributed by atoms with Gasteiger partial charge in [0, 0.05) is 24.2 Å². The van der Waals surface area contributed by atoms with E-state index >= 15 is 0 Å². The fourth-order valence-corrected chi connectivity index (χ4v) is 3.63. The first-order valence-electron chi connectivity index (χ1n) is 8.08. The number of hydrogen-bond acceptors (Lipinski definition) is 5. The lowest BCUT2D eigenvalue weighted by molar-refractivity contribution is -0.119. The quantitative estimate of drug-likeness (QED) is 0.779. The van der Waals surface area contributed by atoms with Gasteiger partial charge in [-0.3, -0.25) is 4.79 Å². The van der Waals surface area contributed by atoms with E-state index in [1.807, 2.05) is 25.3 Å². The van der Waals surface area contributed by atoms with Gasteiger partial charge in [-0.25, -0.2) is 13.2 Å². The van der Waals surface area contributed by atoms with Gasteiger partial charge < -0.3 is 14.6 Å². The highest BCUT2D eigenvalue weighted by molar-refractivity contribution is 7.90. The first-order valence-corrected chi connectivity index (χ1v) is 9.97. The number of anilines is 1. The van der Waals surface area contributed by atoms with Crippen LogP contribution >= 0.6 is 0 Å². The molecular weight excluding hydrogens is 356 g/mol. The van der Waals surface area contributed by atoms with E-state index in [0.717, 1.165) is 24.2 Å². The standard InChI is InChI=1S/C18H22N2O5S/c1-5-20-12(2)10-14(13(20)3)18(22)25-11-17(21)19-15-8-6-7-9-16(15)26(4,23)24/h6-10H,5,11H2,1-4H3,(H,19,21). The lowest BCUT2D eigenvalue weighted by atomic mass is 10.2. The van der Waals surface area contributed by atoms with E-state index in [1.165, 1.54) is 12.1 Å². The van der Waals surface area contributed by atoms with Gasteiger partial charge in [0.25, 0.3) is 5.91 Å². The maximum absolute atomic E-state index is 12.2. The van der Waals surface area contributed by atoms with Crippen molar-refractivity contribution in [1.82, 2.24) is 4.57 Å². The van der Waals surface area contributed by atoms with E-state index < -0.39 is 28.3 Å². The average Bonchev–Trinajstić information content (AvgIpc) is 2.86. The third kappa shape index (κ3) is 4.32. The van der Waals surface area contributed by atoms with E-state index in [0.29, 0.717) is 5.56 Å². The van der Waals surface area contributed by atoms with Crippen molar-refractivity contribution in [2.45, 2.75) is 32.2 Å². The molecule has 1 aromatic heterocycles. The molecule has 2 rings (SSSR count). The molecule has 1 heterocycles. The lowest BCUT2D eigenvalue weighted by Crippen LogP contribution is -2.22. The monoisotopic (exact) mass is 378 g/mol. The summed E-state index contributed by atoms with van der Waals surface area (Å²) in [6, 6.07) is 7.77. The van der Waals surface area contributed by atoms with Gasteiger partial charge in [-0.1, -0.05) is 12.1 Å². The van der Waals surface area contributed by atoms with E-state index in [1.54, 1.807) is 18.2 Å². The van der Waals surface area contributed by atoms with Crippen LogP contribution in [0.5, 0.6) is 0 Å². The molecule has 0 saturated carbocycles. The Morgan fingerprint density at radius 2 is 1.85 bits per heavy atom. The first kappa shape index (κ1) is 19.7. The number of aryl methyl sites for hydroxylation is 1. The number of ether oxygens (including phenoxy) is 1. The minimum atomic E-state index is -3.49. The van der Waals surface area contributed by atoms with Crippen LogP contribution in [-0.2, 0) is 25.9 Å². The van der Waals surface area contributed by atoms with Crippen LogP contribution in [0.25, 0.3) is 0 Å². The molecule has 0 radical (unpaired) electrons. The van der Waals surface area contributed by atoms with Crippen molar-refractivity contribution in [3.63, 3.8) is 0 Å². The number of para-hydroxylation sites is 1. The molecule has 1 amide bonds. The summed E-state index contributed by atoms with van der Waals surface area (Å²) in [6.45, 7) is 5.90. The summed E-state index contributed by atoms with van der Waals surface area (Å²) in [7, 11) is -3.49. The summed E-state index contributed by atoms with van der Waals surface area (Å²) in [5.74, 6) is -1.21. The number of hydrogen-bond donors (Lipinski definition) is 1. The average molecular weight is 378 g/mol. The minimum absolute atomic E-state index is 0.00571. The molecule has 0 bridgehead atoms. The number of nitrogens with one attached hydrogen (secondary N) is 1. The van der Waals surface area contributed by atoms with Crippen molar-refractivity contribution in [3.05, 3.63) is 47.3 Å². The molecule has 1 N–H and O–H groups in total. The van der Waals surface area contributed by atoms with Crippen molar-refractivity contribution in [2.24, 2.45) is 0 Å². The van der Waals surface area contributed by atoms with Crippen molar-refractivity contribution < 1.29 is 22.7 Å². The van der Waals surface area contributed by atoms with E-state index in [2.05, 4.69) is 5.32 Å². The summed E-state index contributed by atoms with van der Waals surface area (Å²) in [6.07, 6.45) is 1.06. The van der Waals surface area contributed by atoms with Gasteiger partial charge in [0.05, 0.1) is 16.1 Å². The normalized spacial score (nSPS) is 11.2. The first-order chi connectivity index (χ1) is 12.1. The highest BCUT2D eigenvalue weighted by Crippen LogP contribution is 2.20. The molecule has 0 unspecified atom stereocenters. The van der Waals surface area contributed by atoms with E-state index in [-0.39, 0.29) is 10.6 Å². The van der Waals surface area contributed by atoms with Crippen molar-refractivity contribution in [1.29, 1.82) is 0 Å². The molecule has 140 valence electrons. The number of benzene rings is 1. The Kier molecular flexibility index (Phi) is 5.86. The maximum Gasteiger partial charge on any atom is 0.340 e. The third-order valence-corrected chi connectivity index (χ3v) is 5.16. The van der Waals surface area contributed by atoms with Gasteiger partial charge in [0.2, 0.25) is 0 Å². The molecule has 0 fully saturated rings. The van der Waals surface area contributed by atoms with E-state index in [4.69, 9.17) is 4.74 Å². The maximum atomic E-state index is 12.2. The van der Waals surface area contributed by atoms with Crippen LogP contribution < -0.4 is 5.32 Å².